The zero-order valence-corrected chi connectivity index (χ0v) is 21.1. The first-order valence-corrected chi connectivity index (χ1v) is 12.7. The minimum absolute atomic E-state index is 0.0746. The number of hydrogen-bond acceptors (Lipinski definition) is 6. The van der Waals surface area contributed by atoms with Gasteiger partial charge in [-0.15, -0.1) is 0 Å². The molecule has 1 fully saturated rings. The second-order valence-electron chi connectivity index (χ2n) is 9.04. The summed E-state index contributed by atoms with van der Waals surface area (Å²) in [7, 11) is 2.80. The summed E-state index contributed by atoms with van der Waals surface area (Å²) < 4.78 is 4.67. The van der Waals surface area contributed by atoms with Crippen LogP contribution in [0.25, 0.3) is 11.1 Å². The first-order chi connectivity index (χ1) is 17.5. The molecule has 2 aliphatic rings. The average Bonchev–Trinajstić information content (AvgIpc) is 2.91. The summed E-state index contributed by atoms with van der Waals surface area (Å²) >= 11 is 0. The Kier molecular flexibility index (Phi) is 10.2. The summed E-state index contributed by atoms with van der Waals surface area (Å²) in [5.41, 5.74) is 8.12. The largest absolute Gasteiger partial charge is 0.453 e. The third-order valence-corrected chi connectivity index (χ3v) is 6.61. The van der Waals surface area contributed by atoms with E-state index in [9.17, 15) is 14.4 Å². The molecule has 3 amide bonds. The van der Waals surface area contributed by atoms with E-state index >= 15 is 0 Å². The number of benzene rings is 1. The van der Waals surface area contributed by atoms with E-state index in [1.54, 1.807) is 18.3 Å². The van der Waals surface area contributed by atoms with Crippen LogP contribution in [0.15, 0.2) is 36.5 Å². The Labute approximate surface area is 212 Å². The van der Waals surface area contributed by atoms with Gasteiger partial charge in [0, 0.05) is 29.8 Å². The molecule has 5 N–H and O–H groups in total. The Morgan fingerprint density at radius 2 is 1.78 bits per heavy atom. The molecule has 36 heavy (non-hydrogen) atoms. The maximum absolute atomic E-state index is 13.0. The fraction of sp³-hybridized carbons (Fsp3) is 0.481. The fourth-order valence-corrected chi connectivity index (χ4v) is 4.75. The van der Waals surface area contributed by atoms with E-state index < -0.39 is 6.09 Å². The Morgan fingerprint density at radius 3 is 2.53 bits per heavy atom. The molecule has 1 aliphatic heterocycles. The maximum Gasteiger partial charge on any atom is 0.411 e. The minimum atomic E-state index is -0.581. The maximum atomic E-state index is 13.0. The van der Waals surface area contributed by atoms with Crippen LogP contribution in [0.4, 0.5) is 16.2 Å². The van der Waals surface area contributed by atoms with Crippen molar-refractivity contribution in [3.05, 3.63) is 42.2 Å². The highest BCUT2D eigenvalue weighted by Crippen LogP contribution is 2.33. The molecule has 0 unspecified atom stereocenters. The smallest absolute Gasteiger partial charge is 0.411 e. The predicted molar refractivity (Wildman–Crippen MR) is 140 cm³/mol. The van der Waals surface area contributed by atoms with Gasteiger partial charge in [-0.3, -0.25) is 19.9 Å². The first kappa shape index (κ1) is 27.1. The van der Waals surface area contributed by atoms with Crippen molar-refractivity contribution in [1.82, 2.24) is 10.3 Å². The Bertz CT molecular complexity index is 1050. The van der Waals surface area contributed by atoms with Crippen molar-refractivity contribution >= 4 is 29.3 Å². The summed E-state index contributed by atoms with van der Waals surface area (Å²) in [6.07, 6.45) is 9.07. The molecule has 1 aliphatic carbocycles. The van der Waals surface area contributed by atoms with Gasteiger partial charge in [0.25, 0.3) is 0 Å². The molecular formula is C27H37N5O4. The van der Waals surface area contributed by atoms with E-state index in [2.05, 4.69) is 31.4 Å². The number of carbonyl (C=O) groups is 3. The monoisotopic (exact) mass is 495 g/mol. The van der Waals surface area contributed by atoms with E-state index in [0.29, 0.717) is 24.2 Å². The van der Waals surface area contributed by atoms with Crippen LogP contribution in [0.3, 0.4) is 0 Å². The van der Waals surface area contributed by atoms with E-state index in [-0.39, 0.29) is 23.8 Å². The molecular weight excluding hydrogens is 458 g/mol. The number of nitrogens with zero attached hydrogens (tertiary/aromatic N) is 1. The van der Waals surface area contributed by atoms with Gasteiger partial charge in [-0.2, -0.15) is 0 Å². The summed E-state index contributed by atoms with van der Waals surface area (Å²) in [6.45, 7) is 0. The lowest BCUT2D eigenvalue weighted by molar-refractivity contribution is -0.126. The standard InChI is InChI=1S/C26H32N4O4.CH5N/c1-34-26(33)28-19-11-12-20-18-13-14-27-23(15-18)21(30-25(32)17-7-3-2-4-8-17)9-5-6-10-24(31)29-22(20)16-19;1-2/h11-17,21H,2-10H2,1H3,(H,28,33)(H,29,31)(H,30,32);2H2,1H3/t21-;/m0./s1. The Hall–Kier alpha value is -3.46. The quantitative estimate of drug-likeness (QED) is 0.485. The van der Waals surface area contributed by atoms with Crippen LogP contribution in [0.2, 0.25) is 0 Å². The highest BCUT2D eigenvalue weighted by Gasteiger charge is 2.25. The van der Waals surface area contributed by atoms with Crippen LogP contribution < -0.4 is 21.7 Å². The molecule has 1 saturated carbocycles. The summed E-state index contributed by atoms with van der Waals surface area (Å²) in [6, 6.07) is 9.00. The summed E-state index contributed by atoms with van der Waals surface area (Å²) in [5, 5.41) is 8.88. The molecule has 0 saturated heterocycles. The zero-order chi connectivity index (χ0) is 25.9. The van der Waals surface area contributed by atoms with E-state index in [1.165, 1.54) is 20.6 Å². The van der Waals surface area contributed by atoms with E-state index in [1.807, 2.05) is 18.2 Å². The van der Waals surface area contributed by atoms with Crippen molar-refractivity contribution in [1.29, 1.82) is 0 Å². The summed E-state index contributed by atoms with van der Waals surface area (Å²) in [4.78, 5) is 41.9. The van der Waals surface area contributed by atoms with E-state index in [0.717, 1.165) is 55.3 Å². The number of carbonyl (C=O) groups excluding carboxylic acids is 3. The lowest BCUT2D eigenvalue weighted by atomic mass is 9.88. The first-order valence-electron chi connectivity index (χ1n) is 12.7. The number of ether oxygens (including phenoxy) is 1. The molecule has 9 heteroatoms. The average molecular weight is 496 g/mol. The number of amides is 3. The molecule has 0 radical (unpaired) electrons. The third kappa shape index (κ3) is 7.27. The lowest BCUT2D eigenvalue weighted by Gasteiger charge is -2.25. The topological polar surface area (TPSA) is 135 Å². The van der Waals surface area contributed by atoms with Gasteiger partial charge < -0.3 is 21.1 Å². The SMILES string of the molecule is CN.COC(=O)Nc1ccc2c(c1)NC(=O)CCCC[C@H](NC(=O)C1CCCCC1)c1cc-2ccn1. The van der Waals surface area contributed by atoms with Gasteiger partial charge in [-0.1, -0.05) is 31.7 Å². The molecule has 194 valence electrons. The number of methoxy groups -OCH3 is 1. The normalized spacial score (nSPS) is 18.1. The van der Waals surface area contributed by atoms with Gasteiger partial charge in [0.1, 0.15) is 0 Å². The van der Waals surface area contributed by atoms with Gasteiger partial charge in [0.05, 0.1) is 24.5 Å². The molecule has 2 bridgehead atoms. The number of aromatic nitrogens is 1. The molecule has 1 aromatic carbocycles. The van der Waals surface area contributed by atoms with Crippen LogP contribution in [0.5, 0.6) is 0 Å². The zero-order valence-electron chi connectivity index (χ0n) is 21.1. The lowest BCUT2D eigenvalue weighted by Crippen LogP contribution is -2.35. The van der Waals surface area contributed by atoms with Crippen molar-refractivity contribution in [3.63, 3.8) is 0 Å². The van der Waals surface area contributed by atoms with Crippen molar-refractivity contribution in [2.45, 2.75) is 63.8 Å². The number of anilines is 2. The molecule has 4 rings (SSSR count). The molecule has 2 aromatic rings. The van der Waals surface area contributed by atoms with Gasteiger partial charge in [-0.25, -0.2) is 4.79 Å². The molecule has 1 aromatic heterocycles. The minimum Gasteiger partial charge on any atom is -0.453 e. The van der Waals surface area contributed by atoms with E-state index in [4.69, 9.17) is 0 Å². The van der Waals surface area contributed by atoms with Crippen LogP contribution in [-0.4, -0.2) is 37.0 Å². The Balaban J connectivity index is 0.00000176. The molecule has 2 heterocycles. The molecule has 9 nitrogen and oxygen atoms in total. The molecule has 1 atom stereocenters. The second kappa shape index (κ2) is 13.6. The third-order valence-electron chi connectivity index (χ3n) is 6.61. The van der Waals surface area contributed by atoms with Crippen molar-refractivity contribution in [2.75, 3.05) is 24.8 Å². The van der Waals surface area contributed by atoms with Crippen molar-refractivity contribution in [3.8, 4) is 11.1 Å². The van der Waals surface area contributed by atoms with Crippen LogP contribution in [-0.2, 0) is 14.3 Å². The number of hydrogen-bond donors (Lipinski definition) is 4. The second-order valence-corrected chi connectivity index (χ2v) is 9.04. The number of pyridine rings is 1. The van der Waals surface area contributed by atoms with Crippen molar-refractivity contribution < 1.29 is 19.1 Å². The van der Waals surface area contributed by atoms with Gasteiger partial charge in [0.2, 0.25) is 11.8 Å². The highest BCUT2D eigenvalue weighted by molar-refractivity contribution is 5.97. The highest BCUT2D eigenvalue weighted by atomic mass is 16.5. The predicted octanol–water partition coefficient (Wildman–Crippen LogP) is 4.75. The van der Waals surface area contributed by atoms with Gasteiger partial charge in [-0.05, 0) is 62.6 Å². The van der Waals surface area contributed by atoms with Crippen LogP contribution in [0, 0.1) is 5.92 Å². The van der Waals surface area contributed by atoms with Crippen molar-refractivity contribution in [2.24, 2.45) is 11.7 Å². The summed E-state index contributed by atoms with van der Waals surface area (Å²) in [5.74, 6) is 0.0975. The number of nitrogens with two attached hydrogens (primary N) is 1. The number of fused-ring (bicyclic) bond motifs is 4. The van der Waals surface area contributed by atoms with Gasteiger partial charge >= 0.3 is 6.09 Å². The van der Waals surface area contributed by atoms with Crippen LogP contribution in [0.1, 0.15) is 69.5 Å². The van der Waals surface area contributed by atoms with Gasteiger partial charge in [0.15, 0.2) is 0 Å². The molecule has 0 spiro atoms. The number of rotatable bonds is 3. The number of nitrogens with one attached hydrogen (secondary N) is 3. The Morgan fingerprint density at radius 1 is 1.03 bits per heavy atom. The fourth-order valence-electron chi connectivity index (χ4n) is 4.75. The van der Waals surface area contributed by atoms with Crippen LogP contribution >= 0.6 is 0 Å².